The molecule has 4 heteroatoms. The van der Waals surface area contributed by atoms with E-state index < -0.39 is 0 Å². The van der Waals surface area contributed by atoms with Crippen LogP contribution in [0.1, 0.15) is 17.2 Å². The van der Waals surface area contributed by atoms with Crippen LogP contribution in [0.2, 0.25) is 0 Å². The zero-order valence-electron chi connectivity index (χ0n) is 8.97. The lowest BCUT2D eigenvalue weighted by Gasteiger charge is -2.12. The van der Waals surface area contributed by atoms with Crippen molar-refractivity contribution < 1.29 is 4.42 Å². The number of aromatic nitrogens is 2. The molecule has 2 aromatic rings. The molecule has 0 aromatic carbocycles. The smallest absolute Gasteiger partial charge is 0.0935 e. The number of likely N-dealkylation sites (N-methyl/N-ethyl adjacent to an activating group) is 1. The van der Waals surface area contributed by atoms with Crippen LogP contribution >= 0.6 is 0 Å². The first-order valence-electron chi connectivity index (χ1n) is 4.96. The lowest BCUT2D eigenvalue weighted by Crippen LogP contribution is -2.18. The van der Waals surface area contributed by atoms with Crippen LogP contribution in [0.15, 0.2) is 35.4 Å². The molecule has 15 heavy (non-hydrogen) atoms. The molecule has 1 unspecified atom stereocenters. The van der Waals surface area contributed by atoms with E-state index in [0.717, 1.165) is 6.42 Å². The van der Waals surface area contributed by atoms with Crippen molar-refractivity contribution in [1.29, 1.82) is 0 Å². The second-order valence-corrected chi connectivity index (χ2v) is 3.62. The summed E-state index contributed by atoms with van der Waals surface area (Å²) >= 11 is 0. The van der Waals surface area contributed by atoms with Gasteiger partial charge in [-0.3, -0.25) is 4.68 Å². The summed E-state index contributed by atoms with van der Waals surface area (Å²) in [5.41, 5.74) is 2.39. The zero-order chi connectivity index (χ0) is 10.7. The van der Waals surface area contributed by atoms with Gasteiger partial charge in [-0.15, -0.1) is 0 Å². The topological polar surface area (TPSA) is 43.0 Å². The Balaban J connectivity index is 2.11. The van der Waals surface area contributed by atoms with Crippen molar-refractivity contribution in [1.82, 2.24) is 15.1 Å². The lowest BCUT2D eigenvalue weighted by molar-refractivity contribution is 0.551. The molecule has 0 fully saturated rings. The number of hydrogen-bond acceptors (Lipinski definition) is 3. The van der Waals surface area contributed by atoms with Gasteiger partial charge in [-0.2, -0.15) is 5.10 Å². The fraction of sp³-hybridized carbons (Fsp3) is 0.364. The number of furan rings is 1. The molecule has 0 bridgehead atoms. The summed E-state index contributed by atoms with van der Waals surface area (Å²) in [7, 11) is 3.88. The largest absolute Gasteiger partial charge is 0.472 e. The summed E-state index contributed by atoms with van der Waals surface area (Å²) in [5, 5.41) is 7.44. The lowest BCUT2D eigenvalue weighted by atomic mass is 10.0. The number of hydrogen-bond donors (Lipinski definition) is 1. The fourth-order valence-electron chi connectivity index (χ4n) is 1.65. The van der Waals surface area contributed by atoms with Crippen molar-refractivity contribution in [3.63, 3.8) is 0 Å². The molecule has 0 radical (unpaired) electrons. The fourth-order valence-corrected chi connectivity index (χ4v) is 1.65. The Bertz CT molecular complexity index is 405. The Morgan fingerprint density at radius 1 is 1.60 bits per heavy atom. The van der Waals surface area contributed by atoms with Gasteiger partial charge in [0, 0.05) is 24.8 Å². The molecule has 0 aliphatic carbocycles. The van der Waals surface area contributed by atoms with Gasteiger partial charge in [0.05, 0.1) is 18.7 Å². The van der Waals surface area contributed by atoms with Crippen LogP contribution in [0, 0.1) is 0 Å². The first-order chi connectivity index (χ1) is 7.29. The Morgan fingerprint density at radius 3 is 3.00 bits per heavy atom. The Morgan fingerprint density at radius 2 is 2.47 bits per heavy atom. The quantitative estimate of drug-likeness (QED) is 0.822. The van der Waals surface area contributed by atoms with E-state index in [9.17, 15) is 0 Å². The Hall–Kier alpha value is -1.55. The zero-order valence-corrected chi connectivity index (χ0v) is 8.97. The maximum absolute atomic E-state index is 5.05. The highest BCUT2D eigenvalue weighted by Crippen LogP contribution is 2.17. The van der Waals surface area contributed by atoms with Crippen molar-refractivity contribution >= 4 is 0 Å². The second-order valence-electron chi connectivity index (χ2n) is 3.62. The summed E-state index contributed by atoms with van der Waals surface area (Å²) < 4.78 is 6.87. The first-order valence-corrected chi connectivity index (χ1v) is 4.96. The highest BCUT2D eigenvalue weighted by atomic mass is 16.3. The van der Waals surface area contributed by atoms with Crippen molar-refractivity contribution in [3.8, 4) is 0 Å². The van der Waals surface area contributed by atoms with E-state index in [4.69, 9.17) is 4.42 Å². The highest BCUT2D eigenvalue weighted by Gasteiger charge is 2.12. The van der Waals surface area contributed by atoms with E-state index in [-0.39, 0.29) is 6.04 Å². The third-order valence-electron chi connectivity index (χ3n) is 2.50. The van der Waals surface area contributed by atoms with E-state index >= 15 is 0 Å². The minimum absolute atomic E-state index is 0.288. The second kappa shape index (κ2) is 4.31. The van der Waals surface area contributed by atoms with Gasteiger partial charge in [0.15, 0.2) is 0 Å². The molecule has 1 N–H and O–H groups in total. The van der Waals surface area contributed by atoms with Gasteiger partial charge < -0.3 is 9.73 Å². The standard InChI is InChI=1S/C11H15N3O/c1-12-11(5-9-3-4-15-8-9)10-6-13-14(2)7-10/h3-4,6-8,11-12H,5H2,1-2H3. The van der Waals surface area contributed by atoms with Crippen LogP contribution in [0.5, 0.6) is 0 Å². The third kappa shape index (κ3) is 2.27. The minimum atomic E-state index is 0.288. The van der Waals surface area contributed by atoms with Crippen LogP contribution in [-0.4, -0.2) is 16.8 Å². The molecular formula is C11H15N3O. The van der Waals surface area contributed by atoms with Crippen molar-refractivity contribution in [2.75, 3.05) is 7.05 Å². The summed E-state index contributed by atoms with van der Waals surface area (Å²) in [6, 6.07) is 2.28. The number of nitrogens with one attached hydrogen (secondary N) is 1. The van der Waals surface area contributed by atoms with Gasteiger partial charge >= 0.3 is 0 Å². The van der Waals surface area contributed by atoms with E-state index in [1.165, 1.54) is 11.1 Å². The number of rotatable bonds is 4. The SMILES string of the molecule is CNC(Cc1ccoc1)c1cnn(C)c1. The van der Waals surface area contributed by atoms with E-state index in [0.29, 0.717) is 0 Å². The minimum Gasteiger partial charge on any atom is -0.472 e. The normalized spacial score (nSPS) is 12.9. The van der Waals surface area contributed by atoms with Crippen molar-refractivity contribution in [3.05, 3.63) is 42.1 Å². The molecule has 2 heterocycles. The third-order valence-corrected chi connectivity index (χ3v) is 2.50. The van der Waals surface area contributed by atoms with Gasteiger partial charge in [-0.05, 0) is 25.1 Å². The van der Waals surface area contributed by atoms with Crippen LogP contribution in [0.25, 0.3) is 0 Å². The van der Waals surface area contributed by atoms with Crippen LogP contribution in [0.4, 0.5) is 0 Å². The molecule has 0 saturated heterocycles. The molecule has 2 rings (SSSR count). The molecule has 0 aliphatic heterocycles. The Labute approximate surface area is 88.9 Å². The predicted octanol–water partition coefficient (Wildman–Crippen LogP) is 1.52. The molecule has 2 aromatic heterocycles. The number of nitrogens with zero attached hydrogens (tertiary/aromatic N) is 2. The first kappa shape index (κ1) is 9.98. The summed E-state index contributed by atoms with van der Waals surface area (Å²) in [4.78, 5) is 0. The average molecular weight is 205 g/mol. The van der Waals surface area contributed by atoms with Gasteiger partial charge in [0.2, 0.25) is 0 Å². The van der Waals surface area contributed by atoms with E-state index in [1.807, 2.05) is 37.2 Å². The molecule has 0 amide bonds. The van der Waals surface area contributed by atoms with Gasteiger partial charge in [-0.1, -0.05) is 0 Å². The predicted molar refractivity (Wildman–Crippen MR) is 57.4 cm³/mol. The number of aryl methyl sites for hydroxylation is 1. The van der Waals surface area contributed by atoms with E-state index in [2.05, 4.69) is 10.4 Å². The molecule has 4 nitrogen and oxygen atoms in total. The molecule has 0 aliphatic rings. The maximum Gasteiger partial charge on any atom is 0.0935 e. The summed E-state index contributed by atoms with van der Waals surface area (Å²) in [6.07, 6.45) is 8.31. The monoisotopic (exact) mass is 205 g/mol. The molecular weight excluding hydrogens is 190 g/mol. The van der Waals surface area contributed by atoms with Gasteiger partial charge in [-0.25, -0.2) is 0 Å². The van der Waals surface area contributed by atoms with Gasteiger partial charge in [0.25, 0.3) is 0 Å². The summed E-state index contributed by atoms with van der Waals surface area (Å²) in [6.45, 7) is 0. The molecule has 0 spiro atoms. The van der Waals surface area contributed by atoms with Gasteiger partial charge in [0.1, 0.15) is 0 Å². The average Bonchev–Trinajstić information content (AvgIpc) is 2.85. The van der Waals surface area contributed by atoms with Crippen molar-refractivity contribution in [2.24, 2.45) is 7.05 Å². The van der Waals surface area contributed by atoms with Crippen LogP contribution < -0.4 is 5.32 Å². The van der Waals surface area contributed by atoms with Crippen LogP contribution in [-0.2, 0) is 13.5 Å². The molecule has 0 saturated carbocycles. The van der Waals surface area contributed by atoms with Crippen LogP contribution in [0.3, 0.4) is 0 Å². The van der Waals surface area contributed by atoms with Crippen molar-refractivity contribution in [2.45, 2.75) is 12.5 Å². The highest BCUT2D eigenvalue weighted by molar-refractivity contribution is 5.16. The summed E-state index contributed by atoms with van der Waals surface area (Å²) in [5.74, 6) is 0. The molecule has 80 valence electrons. The maximum atomic E-state index is 5.05. The Kier molecular flexibility index (Phi) is 2.87. The van der Waals surface area contributed by atoms with E-state index in [1.54, 1.807) is 12.5 Å². The molecule has 1 atom stereocenters.